The van der Waals surface area contributed by atoms with Crippen molar-refractivity contribution in [2.75, 3.05) is 6.79 Å². The fraction of sp³-hybridized carbons (Fsp3) is 0.200. The molecule has 2 heterocycles. The van der Waals surface area contributed by atoms with Crippen molar-refractivity contribution in [1.82, 2.24) is 5.32 Å². The first-order valence-electron chi connectivity index (χ1n) is 6.84. The first-order valence-corrected chi connectivity index (χ1v) is 6.84. The predicted molar refractivity (Wildman–Crippen MR) is 72.6 cm³/mol. The number of nitrogens with one attached hydrogen (secondary N) is 1. The summed E-state index contributed by atoms with van der Waals surface area (Å²) in [6, 6.07) is 6.63. The summed E-state index contributed by atoms with van der Waals surface area (Å²) in [4.78, 5) is 12.1. The number of halogens is 3. The van der Waals surface area contributed by atoms with Gasteiger partial charge in [0.1, 0.15) is 5.56 Å². The average molecular weight is 341 g/mol. The molecule has 0 unspecified atom stereocenters. The summed E-state index contributed by atoms with van der Waals surface area (Å²) in [6.07, 6.45) is -3.82. The maximum absolute atomic E-state index is 13.0. The van der Waals surface area contributed by atoms with Crippen LogP contribution in [0.3, 0.4) is 0 Å². The van der Waals surface area contributed by atoms with Crippen LogP contribution in [0.4, 0.5) is 13.2 Å². The Hall–Kier alpha value is -2.97. The molecule has 0 saturated heterocycles. The molecule has 6 nitrogen and oxygen atoms in total. The molecule has 0 bridgehead atoms. The van der Waals surface area contributed by atoms with Gasteiger partial charge in [-0.1, -0.05) is 6.07 Å². The van der Waals surface area contributed by atoms with E-state index in [1.54, 1.807) is 18.2 Å². The molecule has 1 aromatic carbocycles. The lowest BCUT2D eigenvalue weighted by Crippen LogP contribution is -2.43. The minimum Gasteiger partial charge on any atom is -0.454 e. The number of rotatable bonds is 3. The van der Waals surface area contributed by atoms with Crippen molar-refractivity contribution < 1.29 is 37.4 Å². The van der Waals surface area contributed by atoms with Gasteiger partial charge >= 0.3 is 17.8 Å². The summed E-state index contributed by atoms with van der Waals surface area (Å²) < 4.78 is 49.4. The monoisotopic (exact) mass is 341 g/mol. The van der Waals surface area contributed by atoms with Gasteiger partial charge in [0, 0.05) is 17.3 Å². The fourth-order valence-corrected chi connectivity index (χ4v) is 2.27. The molecule has 0 fully saturated rings. The summed E-state index contributed by atoms with van der Waals surface area (Å²) in [7, 11) is 0. The Morgan fingerprint density at radius 2 is 2.00 bits per heavy atom. The molecule has 2 aromatic rings. The molecule has 0 spiro atoms. The van der Waals surface area contributed by atoms with Crippen molar-refractivity contribution in [2.45, 2.75) is 12.7 Å². The third-order valence-corrected chi connectivity index (χ3v) is 3.38. The average Bonchev–Trinajstić information content (AvgIpc) is 2.99. The van der Waals surface area contributed by atoms with Crippen molar-refractivity contribution in [2.24, 2.45) is 0 Å². The van der Waals surface area contributed by atoms with Gasteiger partial charge in [0.15, 0.2) is 11.5 Å². The van der Waals surface area contributed by atoms with E-state index < -0.39 is 23.3 Å². The number of amides is 1. The predicted octanol–water partition coefficient (Wildman–Crippen LogP) is 1.89. The molecule has 1 aliphatic rings. The number of carbonyl (C=O) groups excluding carboxylic acids is 1. The largest absolute Gasteiger partial charge is 0.454 e. The molecule has 3 rings (SSSR count). The van der Waals surface area contributed by atoms with Crippen LogP contribution in [0.2, 0.25) is 0 Å². The third-order valence-electron chi connectivity index (χ3n) is 3.38. The van der Waals surface area contributed by atoms with E-state index in [9.17, 15) is 23.2 Å². The van der Waals surface area contributed by atoms with E-state index in [1.165, 1.54) is 0 Å². The highest BCUT2D eigenvalue weighted by Gasteiger charge is 2.41. The molecule has 1 aromatic heterocycles. The quantitative estimate of drug-likeness (QED) is 0.661. The lowest BCUT2D eigenvalue weighted by Gasteiger charge is -2.09. The van der Waals surface area contributed by atoms with E-state index in [-0.39, 0.29) is 18.1 Å². The summed E-state index contributed by atoms with van der Waals surface area (Å²) in [6.45, 7) is 0.0519. The van der Waals surface area contributed by atoms with E-state index in [0.717, 1.165) is 18.3 Å². The Bertz CT molecular complexity index is 793. The lowest BCUT2D eigenvalue weighted by atomic mass is 10.1. The number of hydrogen-bond acceptors (Lipinski definition) is 4. The molecule has 0 saturated carbocycles. The number of carbonyl (C=O) groups is 1. The van der Waals surface area contributed by atoms with Crippen LogP contribution >= 0.6 is 0 Å². The van der Waals surface area contributed by atoms with Gasteiger partial charge in [-0.05, 0) is 23.8 Å². The number of alkyl halides is 3. The van der Waals surface area contributed by atoms with Gasteiger partial charge in [0.25, 0.3) is 0 Å². The molecule has 9 heteroatoms. The highest BCUT2D eigenvalue weighted by atomic mass is 19.4. The van der Waals surface area contributed by atoms with Crippen molar-refractivity contribution in [1.29, 1.82) is 0 Å². The molecular formula is C15H12F3N2O4+. The van der Waals surface area contributed by atoms with Gasteiger partial charge in [-0.25, -0.2) is 0 Å². The van der Waals surface area contributed by atoms with Crippen LogP contribution < -0.4 is 19.5 Å². The molecule has 24 heavy (non-hydrogen) atoms. The number of benzene rings is 1. The zero-order chi connectivity index (χ0) is 17.3. The van der Waals surface area contributed by atoms with Crippen LogP contribution in [0.15, 0.2) is 36.5 Å². The second-order valence-corrected chi connectivity index (χ2v) is 4.98. The number of ether oxygens (including phenoxy) is 2. The Labute approximate surface area is 134 Å². The summed E-state index contributed by atoms with van der Waals surface area (Å²) >= 11 is 0. The van der Waals surface area contributed by atoms with Gasteiger partial charge < -0.3 is 14.8 Å². The van der Waals surface area contributed by atoms with E-state index in [0.29, 0.717) is 17.1 Å². The fourth-order valence-electron chi connectivity index (χ4n) is 2.27. The molecule has 0 atom stereocenters. The van der Waals surface area contributed by atoms with Gasteiger partial charge in [0.05, 0.1) is 0 Å². The minimum atomic E-state index is -4.77. The van der Waals surface area contributed by atoms with Crippen molar-refractivity contribution in [3.63, 3.8) is 0 Å². The molecule has 2 N–H and O–H groups in total. The summed E-state index contributed by atoms with van der Waals surface area (Å²) in [5.74, 6) is -0.00144. The maximum Gasteiger partial charge on any atom is 0.423 e. The van der Waals surface area contributed by atoms with Crippen LogP contribution in [0.1, 0.15) is 21.6 Å². The highest BCUT2D eigenvalue weighted by Crippen LogP contribution is 2.33. The first-order chi connectivity index (χ1) is 11.4. The number of aromatic nitrogens is 1. The zero-order valence-electron chi connectivity index (χ0n) is 12.1. The van der Waals surface area contributed by atoms with Gasteiger partial charge in [0.2, 0.25) is 13.0 Å². The van der Waals surface area contributed by atoms with Gasteiger partial charge in [-0.3, -0.25) is 10.0 Å². The second-order valence-electron chi connectivity index (χ2n) is 4.98. The van der Waals surface area contributed by atoms with Gasteiger partial charge in [-0.15, -0.1) is 0 Å². The Balaban J connectivity index is 1.79. The van der Waals surface area contributed by atoms with E-state index in [4.69, 9.17) is 9.47 Å². The number of hydrogen-bond donors (Lipinski definition) is 2. The normalized spacial score (nSPS) is 13.0. The van der Waals surface area contributed by atoms with Crippen LogP contribution in [-0.4, -0.2) is 17.9 Å². The molecule has 126 valence electrons. The summed E-state index contributed by atoms with van der Waals surface area (Å²) in [5, 5.41) is 11.9. The number of pyridine rings is 1. The molecule has 1 aliphatic heterocycles. The second kappa shape index (κ2) is 5.91. The Kier molecular flexibility index (Phi) is 3.92. The zero-order valence-corrected chi connectivity index (χ0v) is 12.1. The van der Waals surface area contributed by atoms with Crippen molar-refractivity contribution in [3.05, 3.63) is 53.3 Å². The van der Waals surface area contributed by atoms with Crippen LogP contribution in [-0.2, 0) is 12.7 Å². The van der Waals surface area contributed by atoms with Crippen LogP contribution in [0, 0.1) is 0 Å². The Morgan fingerprint density at radius 3 is 2.75 bits per heavy atom. The molecule has 0 radical (unpaired) electrons. The van der Waals surface area contributed by atoms with Crippen molar-refractivity contribution in [3.8, 4) is 11.5 Å². The van der Waals surface area contributed by atoms with Crippen LogP contribution in [0.5, 0.6) is 11.5 Å². The van der Waals surface area contributed by atoms with Gasteiger partial charge in [-0.2, -0.15) is 13.2 Å². The van der Waals surface area contributed by atoms with E-state index in [2.05, 4.69) is 5.32 Å². The van der Waals surface area contributed by atoms with E-state index in [1.807, 2.05) is 0 Å². The first kappa shape index (κ1) is 15.9. The summed E-state index contributed by atoms with van der Waals surface area (Å²) in [5.41, 5.74) is -1.50. The lowest BCUT2D eigenvalue weighted by molar-refractivity contribution is -0.906. The standard InChI is InChI=1S/C15H11F3N2O4/c16-15(17,18)10-2-1-5-20(22)13(10)14(21)19-7-9-3-4-11-12(6-9)24-8-23-11/h1-6H,7-8H2,(H-,19,21,22)/p+1. The maximum atomic E-state index is 13.0. The van der Waals surface area contributed by atoms with Crippen LogP contribution in [0.25, 0.3) is 0 Å². The smallest absolute Gasteiger partial charge is 0.423 e. The number of nitrogens with zero attached hydrogens (tertiary/aromatic N) is 1. The third kappa shape index (κ3) is 3.05. The topological polar surface area (TPSA) is 71.7 Å². The molecule has 0 aliphatic carbocycles. The van der Waals surface area contributed by atoms with E-state index >= 15 is 0 Å². The SMILES string of the molecule is O=C(NCc1ccc2c(c1)OCO2)c1c(C(F)(F)F)ccc[n+]1O. The number of fused-ring (bicyclic) bond motifs is 1. The molecular weight excluding hydrogens is 329 g/mol. The minimum absolute atomic E-state index is 0.0400. The Morgan fingerprint density at radius 1 is 1.25 bits per heavy atom. The molecule has 1 amide bonds. The van der Waals surface area contributed by atoms with Crippen molar-refractivity contribution >= 4 is 5.91 Å². The highest BCUT2D eigenvalue weighted by molar-refractivity contribution is 5.92.